The molecule has 1 aromatic rings. The van der Waals surface area contributed by atoms with Crippen LogP contribution in [-0.2, 0) is 0 Å². The maximum absolute atomic E-state index is 4.31. The first-order chi connectivity index (χ1) is 6.27. The number of fused-ring (bicyclic) bond motifs is 1. The van der Waals surface area contributed by atoms with Crippen molar-refractivity contribution in [3.8, 4) is 0 Å². The average Bonchev–Trinajstić information content (AvgIpc) is 2.48. The van der Waals surface area contributed by atoms with Crippen molar-refractivity contribution in [1.29, 1.82) is 0 Å². The van der Waals surface area contributed by atoms with Crippen molar-refractivity contribution in [1.82, 2.24) is 4.90 Å². The highest BCUT2D eigenvalue weighted by molar-refractivity contribution is 6.16. The molecule has 1 aromatic carbocycles. The number of aliphatic imine (C=N–C) groups is 1. The van der Waals surface area contributed by atoms with Crippen LogP contribution in [-0.4, -0.2) is 25.2 Å². The van der Waals surface area contributed by atoms with Crippen LogP contribution in [0.25, 0.3) is 5.57 Å². The Hall–Kier alpha value is -1.57. The summed E-state index contributed by atoms with van der Waals surface area (Å²) in [5.41, 5.74) is 3.47. The van der Waals surface area contributed by atoms with E-state index in [-0.39, 0.29) is 0 Å². The van der Waals surface area contributed by atoms with Gasteiger partial charge in [0.25, 0.3) is 0 Å². The third-order valence-corrected chi connectivity index (χ3v) is 1.96. The molecule has 0 spiro atoms. The highest BCUT2D eigenvalue weighted by Gasteiger charge is 2.10. The van der Waals surface area contributed by atoms with E-state index in [9.17, 15) is 0 Å². The zero-order valence-corrected chi connectivity index (χ0v) is 7.86. The molecule has 0 fully saturated rings. The van der Waals surface area contributed by atoms with Gasteiger partial charge in [0.2, 0.25) is 0 Å². The summed E-state index contributed by atoms with van der Waals surface area (Å²) in [6, 6.07) is 8.17. The fourth-order valence-electron chi connectivity index (χ4n) is 1.42. The van der Waals surface area contributed by atoms with E-state index in [0.29, 0.717) is 0 Å². The molecule has 0 atom stereocenters. The van der Waals surface area contributed by atoms with Gasteiger partial charge in [0, 0.05) is 37.6 Å². The fraction of sp³-hybridized carbons (Fsp3) is 0.182. The Morgan fingerprint density at radius 1 is 1.23 bits per heavy atom. The van der Waals surface area contributed by atoms with Crippen molar-refractivity contribution < 1.29 is 0 Å². The summed E-state index contributed by atoms with van der Waals surface area (Å²) in [5, 5.41) is 0. The minimum Gasteiger partial charge on any atom is -0.383 e. The van der Waals surface area contributed by atoms with Gasteiger partial charge in [-0.25, -0.2) is 0 Å². The molecule has 0 amide bonds. The zero-order valence-electron chi connectivity index (χ0n) is 7.86. The molecule has 0 saturated carbocycles. The SMILES string of the molecule is CN(C)/C=C1\C=Nc2ccccc21. The minimum atomic E-state index is 1.07. The smallest absolute Gasteiger partial charge is 0.0709 e. The van der Waals surface area contributed by atoms with Crippen LogP contribution in [0, 0.1) is 0 Å². The number of allylic oxidation sites excluding steroid dienone is 1. The van der Waals surface area contributed by atoms with E-state index < -0.39 is 0 Å². The molecule has 66 valence electrons. The van der Waals surface area contributed by atoms with Gasteiger partial charge in [-0.05, 0) is 6.07 Å². The molecule has 0 unspecified atom stereocenters. The first-order valence-corrected chi connectivity index (χ1v) is 4.29. The van der Waals surface area contributed by atoms with Crippen molar-refractivity contribution in [3.05, 3.63) is 36.0 Å². The Morgan fingerprint density at radius 2 is 2.00 bits per heavy atom. The number of hydrogen-bond acceptors (Lipinski definition) is 2. The van der Waals surface area contributed by atoms with Gasteiger partial charge in [-0.1, -0.05) is 18.2 Å². The van der Waals surface area contributed by atoms with E-state index >= 15 is 0 Å². The van der Waals surface area contributed by atoms with Crippen molar-refractivity contribution in [3.63, 3.8) is 0 Å². The number of nitrogens with zero attached hydrogens (tertiary/aromatic N) is 2. The quantitative estimate of drug-likeness (QED) is 0.634. The second-order valence-corrected chi connectivity index (χ2v) is 3.32. The maximum atomic E-state index is 4.31. The Labute approximate surface area is 78.2 Å². The second-order valence-electron chi connectivity index (χ2n) is 3.32. The molecular weight excluding hydrogens is 160 g/mol. The Balaban J connectivity index is 2.44. The number of rotatable bonds is 1. The van der Waals surface area contributed by atoms with Crippen LogP contribution in [0.2, 0.25) is 0 Å². The largest absolute Gasteiger partial charge is 0.383 e. The molecule has 0 bridgehead atoms. The Kier molecular flexibility index (Phi) is 1.89. The van der Waals surface area contributed by atoms with Crippen LogP contribution in [0.15, 0.2) is 35.5 Å². The van der Waals surface area contributed by atoms with Crippen molar-refractivity contribution in [2.75, 3.05) is 14.1 Å². The van der Waals surface area contributed by atoms with E-state index in [1.54, 1.807) is 0 Å². The fourth-order valence-corrected chi connectivity index (χ4v) is 1.42. The maximum Gasteiger partial charge on any atom is 0.0709 e. The van der Waals surface area contributed by atoms with Crippen LogP contribution >= 0.6 is 0 Å². The lowest BCUT2D eigenvalue weighted by atomic mass is 10.1. The summed E-state index contributed by atoms with van der Waals surface area (Å²) in [6.45, 7) is 0. The van der Waals surface area contributed by atoms with E-state index in [2.05, 4.69) is 17.3 Å². The van der Waals surface area contributed by atoms with E-state index in [0.717, 1.165) is 5.69 Å². The molecule has 0 aromatic heterocycles. The summed E-state index contributed by atoms with van der Waals surface area (Å²) >= 11 is 0. The van der Waals surface area contributed by atoms with Crippen LogP contribution in [0.3, 0.4) is 0 Å². The summed E-state index contributed by atoms with van der Waals surface area (Å²) in [4.78, 5) is 6.34. The second kappa shape index (κ2) is 3.05. The number of hydrogen-bond donors (Lipinski definition) is 0. The number of para-hydroxylation sites is 1. The molecule has 0 saturated heterocycles. The summed E-state index contributed by atoms with van der Waals surface area (Å²) in [7, 11) is 4.03. The van der Waals surface area contributed by atoms with E-state index in [1.807, 2.05) is 43.4 Å². The molecule has 0 N–H and O–H groups in total. The van der Waals surface area contributed by atoms with Gasteiger partial charge in [-0.2, -0.15) is 0 Å². The molecule has 2 rings (SSSR count). The molecule has 0 radical (unpaired) electrons. The molecule has 2 nitrogen and oxygen atoms in total. The van der Waals surface area contributed by atoms with Gasteiger partial charge in [0.05, 0.1) is 5.69 Å². The lowest BCUT2D eigenvalue weighted by Gasteiger charge is -2.06. The highest BCUT2D eigenvalue weighted by Crippen LogP contribution is 2.30. The summed E-state index contributed by atoms with van der Waals surface area (Å²) in [6.07, 6.45) is 3.99. The van der Waals surface area contributed by atoms with Gasteiger partial charge < -0.3 is 4.90 Å². The first-order valence-electron chi connectivity index (χ1n) is 4.29. The van der Waals surface area contributed by atoms with Crippen LogP contribution in [0.5, 0.6) is 0 Å². The molecule has 13 heavy (non-hydrogen) atoms. The molecule has 1 heterocycles. The molecule has 0 aliphatic carbocycles. The predicted molar refractivity (Wildman–Crippen MR) is 56.3 cm³/mol. The molecular formula is C11H12N2. The molecule has 2 heteroatoms. The van der Waals surface area contributed by atoms with Crippen LogP contribution in [0.1, 0.15) is 5.56 Å². The molecule has 1 aliphatic rings. The predicted octanol–water partition coefficient (Wildman–Crippen LogP) is 2.31. The van der Waals surface area contributed by atoms with E-state index in [1.165, 1.54) is 11.1 Å². The lowest BCUT2D eigenvalue weighted by Crippen LogP contribution is -2.02. The van der Waals surface area contributed by atoms with Gasteiger partial charge in [-0.15, -0.1) is 0 Å². The molecule has 1 aliphatic heterocycles. The van der Waals surface area contributed by atoms with Gasteiger partial charge in [-0.3, -0.25) is 4.99 Å². The normalized spacial score (nSPS) is 16.3. The monoisotopic (exact) mass is 172 g/mol. The highest BCUT2D eigenvalue weighted by atomic mass is 15.0. The topological polar surface area (TPSA) is 15.6 Å². The van der Waals surface area contributed by atoms with Gasteiger partial charge in [0.15, 0.2) is 0 Å². The first kappa shape index (κ1) is 8.05. The van der Waals surface area contributed by atoms with E-state index in [4.69, 9.17) is 0 Å². The van der Waals surface area contributed by atoms with Gasteiger partial charge in [0.1, 0.15) is 0 Å². The summed E-state index contributed by atoms with van der Waals surface area (Å²) in [5.74, 6) is 0. The Morgan fingerprint density at radius 3 is 2.77 bits per heavy atom. The van der Waals surface area contributed by atoms with Crippen molar-refractivity contribution in [2.24, 2.45) is 4.99 Å². The van der Waals surface area contributed by atoms with Crippen LogP contribution in [0.4, 0.5) is 5.69 Å². The van der Waals surface area contributed by atoms with Crippen molar-refractivity contribution >= 4 is 17.5 Å². The van der Waals surface area contributed by atoms with Crippen molar-refractivity contribution in [2.45, 2.75) is 0 Å². The standard InChI is InChI=1S/C11H12N2/c1-13(2)8-9-7-12-11-6-4-3-5-10(9)11/h3-8H,1-2H3/b9-8+. The number of benzene rings is 1. The summed E-state index contributed by atoms with van der Waals surface area (Å²) < 4.78 is 0. The average molecular weight is 172 g/mol. The van der Waals surface area contributed by atoms with Gasteiger partial charge >= 0.3 is 0 Å². The zero-order chi connectivity index (χ0) is 9.26. The van der Waals surface area contributed by atoms with Crippen LogP contribution < -0.4 is 0 Å². The Bertz CT molecular complexity index is 375. The third-order valence-electron chi connectivity index (χ3n) is 1.96. The lowest BCUT2D eigenvalue weighted by molar-refractivity contribution is 0.566. The minimum absolute atomic E-state index is 1.07. The third kappa shape index (κ3) is 1.47.